The van der Waals surface area contributed by atoms with Gasteiger partial charge in [0.05, 0.1) is 6.42 Å². The molecule has 0 heterocycles. The molecule has 0 fully saturated rings. The molecule has 0 saturated carbocycles. The van der Waals surface area contributed by atoms with E-state index in [4.69, 9.17) is 0 Å². The van der Waals surface area contributed by atoms with Gasteiger partial charge in [0.15, 0.2) is 0 Å². The van der Waals surface area contributed by atoms with E-state index in [0.29, 0.717) is 0 Å². The Labute approximate surface area is 79.7 Å². The van der Waals surface area contributed by atoms with E-state index in [2.05, 4.69) is 27.8 Å². The van der Waals surface area contributed by atoms with Crippen LogP contribution in [0.2, 0.25) is 0 Å². The summed E-state index contributed by atoms with van der Waals surface area (Å²) in [4.78, 5) is 10.8. The number of carbonyl (C=O) groups is 1. The zero-order chi connectivity index (χ0) is 8.97. The van der Waals surface area contributed by atoms with Crippen LogP contribution in [0, 0.1) is 7.11 Å². The standard InChI is InChI=1S/C9H8BrO2/c1-12-9(11)6-7-2-4-8(10)5-3-7/h2-5H,1,6H2. The fraction of sp³-hybridized carbons (Fsp3) is 0.111. The van der Waals surface area contributed by atoms with Gasteiger partial charge in [-0.2, -0.15) is 0 Å². The molecule has 0 aromatic heterocycles. The van der Waals surface area contributed by atoms with Gasteiger partial charge in [-0.25, -0.2) is 0 Å². The summed E-state index contributed by atoms with van der Waals surface area (Å²) in [5.74, 6) is -0.322. The Morgan fingerprint density at radius 3 is 2.50 bits per heavy atom. The zero-order valence-electron chi connectivity index (χ0n) is 6.42. The molecule has 3 heteroatoms. The van der Waals surface area contributed by atoms with Crippen LogP contribution >= 0.6 is 15.9 Å². The highest BCUT2D eigenvalue weighted by Crippen LogP contribution is 2.10. The summed E-state index contributed by atoms with van der Waals surface area (Å²) in [6.45, 7) is 0. The normalized spacial score (nSPS) is 9.50. The van der Waals surface area contributed by atoms with E-state index in [1.807, 2.05) is 24.3 Å². The number of benzene rings is 1. The van der Waals surface area contributed by atoms with Crippen molar-refractivity contribution in [3.63, 3.8) is 0 Å². The minimum atomic E-state index is -0.322. The molecule has 0 aliphatic heterocycles. The monoisotopic (exact) mass is 227 g/mol. The fourth-order valence-corrected chi connectivity index (χ4v) is 1.08. The molecule has 1 radical (unpaired) electrons. The van der Waals surface area contributed by atoms with Gasteiger partial charge >= 0.3 is 5.97 Å². The van der Waals surface area contributed by atoms with Gasteiger partial charge in [-0.1, -0.05) is 28.1 Å². The third-order valence-electron chi connectivity index (χ3n) is 1.42. The molecule has 0 bridgehead atoms. The molecule has 0 N–H and O–H groups in total. The summed E-state index contributed by atoms with van der Waals surface area (Å²) in [5.41, 5.74) is 0.923. The summed E-state index contributed by atoms with van der Waals surface area (Å²) in [6, 6.07) is 7.49. The molecule has 0 spiro atoms. The van der Waals surface area contributed by atoms with Gasteiger partial charge in [0.25, 0.3) is 0 Å². The lowest BCUT2D eigenvalue weighted by Gasteiger charge is -1.98. The third-order valence-corrected chi connectivity index (χ3v) is 1.95. The van der Waals surface area contributed by atoms with Crippen LogP contribution in [0.4, 0.5) is 0 Å². The summed E-state index contributed by atoms with van der Waals surface area (Å²) >= 11 is 3.30. The predicted octanol–water partition coefficient (Wildman–Crippen LogP) is 2.33. The lowest BCUT2D eigenvalue weighted by Crippen LogP contribution is -2.02. The van der Waals surface area contributed by atoms with Crippen LogP contribution in [0.3, 0.4) is 0 Å². The summed E-state index contributed by atoms with van der Waals surface area (Å²) in [5, 5.41) is 0. The Bertz CT molecular complexity index is 266. The van der Waals surface area contributed by atoms with Crippen molar-refractivity contribution in [2.24, 2.45) is 0 Å². The van der Waals surface area contributed by atoms with Crippen molar-refractivity contribution < 1.29 is 9.53 Å². The Morgan fingerprint density at radius 2 is 2.00 bits per heavy atom. The second-order valence-corrected chi connectivity index (χ2v) is 3.24. The van der Waals surface area contributed by atoms with Crippen LogP contribution in [0.25, 0.3) is 0 Å². The highest BCUT2D eigenvalue weighted by molar-refractivity contribution is 9.10. The second kappa shape index (κ2) is 4.26. The number of halogens is 1. The van der Waals surface area contributed by atoms with Crippen molar-refractivity contribution in [3.8, 4) is 0 Å². The summed E-state index contributed by atoms with van der Waals surface area (Å²) < 4.78 is 5.28. The number of hydrogen-bond donors (Lipinski definition) is 0. The highest BCUT2D eigenvalue weighted by Gasteiger charge is 2.01. The molecule has 0 atom stereocenters. The SMILES string of the molecule is [CH2]OC(=O)Cc1ccc(Br)cc1. The van der Waals surface area contributed by atoms with Gasteiger partial charge in [0.1, 0.15) is 7.11 Å². The van der Waals surface area contributed by atoms with E-state index < -0.39 is 0 Å². The molecule has 63 valence electrons. The minimum Gasteiger partial charge on any atom is -0.462 e. The van der Waals surface area contributed by atoms with Crippen molar-refractivity contribution in [3.05, 3.63) is 41.4 Å². The molecular formula is C9H8BrO2. The summed E-state index contributed by atoms with van der Waals surface area (Å²) in [6.07, 6.45) is 0.275. The lowest BCUT2D eigenvalue weighted by atomic mass is 10.2. The Kier molecular flexibility index (Phi) is 3.29. The van der Waals surface area contributed by atoms with Gasteiger partial charge in [-0.05, 0) is 17.7 Å². The zero-order valence-corrected chi connectivity index (χ0v) is 8.00. The van der Waals surface area contributed by atoms with Crippen LogP contribution in [-0.2, 0) is 16.0 Å². The van der Waals surface area contributed by atoms with Crippen molar-refractivity contribution in [1.82, 2.24) is 0 Å². The van der Waals surface area contributed by atoms with E-state index in [1.54, 1.807) is 0 Å². The van der Waals surface area contributed by atoms with Crippen molar-refractivity contribution in [2.45, 2.75) is 6.42 Å². The van der Waals surface area contributed by atoms with Crippen LogP contribution in [-0.4, -0.2) is 5.97 Å². The van der Waals surface area contributed by atoms with Gasteiger partial charge in [-0.3, -0.25) is 4.79 Å². The maximum absolute atomic E-state index is 10.8. The molecule has 12 heavy (non-hydrogen) atoms. The van der Waals surface area contributed by atoms with E-state index in [1.165, 1.54) is 0 Å². The number of rotatable bonds is 2. The smallest absolute Gasteiger partial charge is 0.310 e. The highest BCUT2D eigenvalue weighted by atomic mass is 79.9. The molecule has 0 aliphatic carbocycles. The van der Waals surface area contributed by atoms with Crippen LogP contribution in [0.5, 0.6) is 0 Å². The number of ether oxygens (including phenoxy) is 1. The average Bonchev–Trinajstić information content (AvgIpc) is 2.09. The van der Waals surface area contributed by atoms with E-state index >= 15 is 0 Å². The van der Waals surface area contributed by atoms with Crippen LogP contribution in [0.1, 0.15) is 5.56 Å². The molecule has 0 unspecified atom stereocenters. The molecule has 0 aliphatic rings. The lowest BCUT2D eigenvalue weighted by molar-refractivity contribution is -0.137. The molecule has 1 rings (SSSR count). The maximum Gasteiger partial charge on any atom is 0.310 e. The quantitative estimate of drug-likeness (QED) is 0.726. The first kappa shape index (κ1) is 9.26. The molecule has 1 aromatic rings. The van der Waals surface area contributed by atoms with E-state index in [-0.39, 0.29) is 12.4 Å². The molecule has 1 aromatic carbocycles. The van der Waals surface area contributed by atoms with Crippen molar-refractivity contribution in [1.29, 1.82) is 0 Å². The largest absolute Gasteiger partial charge is 0.462 e. The Morgan fingerprint density at radius 1 is 1.42 bits per heavy atom. The fourth-order valence-electron chi connectivity index (χ4n) is 0.820. The molecular weight excluding hydrogens is 220 g/mol. The van der Waals surface area contributed by atoms with Crippen molar-refractivity contribution in [2.75, 3.05) is 0 Å². The number of carbonyl (C=O) groups excluding carboxylic acids is 1. The second-order valence-electron chi connectivity index (χ2n) is 2.32. The summed E-state index contributed by atoms with van der Waals surface area (Å²) in [7, 11) is 3.04. The average molecular weight is 228 g/mol. The van der Waals surface area contributed by atoms with Crippen molar-refractivity contribution >= 4 is 21.9 Å². The first-order valence-corrected chi connectivity index (χ1v) is 4.21. The minimum absolute atomic E-state index is 0.275. The van der Waals surface area contributed by atoms with Gasteiger partial charge in [0.2, 0.25) is 0 Å². The Balaban J connectivity index is 2.64. The van der Waals surface area contributed by atoms with Crippen LogP contribution in [0.15, 0.2) is 28.7 Å². The topological polar surface area (TPSA) is 26.3 Å². The van der Waals surface area contributed by atoms with E-state index in [9.17, 15) is 4.79 Å². The Hall–Kier alpha value is -0.830. The molecule has 2 nitrogen and oxygen atoms in total. The number of esters is 1. The van der Waals surface area contributed by atoms with Gasteiger partial charge in [0, 0.05) is 4.47 Å². The first-order valence-electron chi connectivity index (χ1n) is 3.41. The van der Waals surface area contributed by atoms with Gasteiger partial charge in [-0.15, -0.1) is 0 Å². The molecule has 0 saturated heterocycles. The van der Waals surface area contributed by atoms with E-state index in [0.717, 1.165) is 10.0 Å². The predicted molar refractivity (Wildman–Crippen MR) is 49.3 cm³/mol. The maximum atomic E-state index is 10.8. The molecule has 0 amide bonds. The van der Waals surface area contributed by atoms with Crippen LogP contribution < -0.4 is 0 Å². The number of hydrogen-bond acceptors (Lipinski definition) is 2. The first-order chi connectivity index (χ1) is 5.72. The van der Waals surface area contributed by atoms with Gasteiger partial charge < -0.3 is 4.74 Å². The third kappa shape index (κ3) is 2.66.